The van der Waals surface area contributed by atoms with Crippen molar-refractivity contribution in [2.24, 2.45) is 5.10 Å². The fraction of sp³-hybridized carbons (Fsp3) is 0.520. The van der Waals surface area contributed by atoms with Crippen molar-refractivity contribution in [3.8, 4) is 0 Å². The molecule has 7 nitrogen and oxygen atoms in total. The summed E-state index contributed by atoms with van der Waals surface area (Å²) in [5.74, 6) is 0.0260. The summed E-state index contributed by atoms with van der Waals surface area (Å²) < 4.78 is 10.7. The smallest absolute Gasteiger partial charge is 0.235 e. The number of hydrazone groups is 1. The normalized spacial score (nSPS) is 15.2. The summed E-state index contributed by atoms with van der Waals surface area (Å²) in [6, 6.07) is 4.25. The maximum atomic E-state index is 13.1. The van der Waals surface area contributed by atoms with Gasteiger partial charge in [-0.15, -0.1) is 0 Å². The summed E-state index contributed by atoms with van der Waals surface area (Å²) in [5, 5.41) is 8.62. The first-order chi connectivity index (χ1) is 15.6. The van der Waals surface area contributed by atoms with Crippen LogP contribution in [0.4, 0.5) is 5.69 Å². The van der Waals surface area contributed by atoms with Crippen molar-refractivity contribution in [1.29, 1.82) is 0 Å². The lowest BCUT2D eigenvalue weighted by Gasteiger charge is -2.27. The van der Waals surface area contributed by atoms with Gasteiger partial charge in [-0.2, -0.15) is 5.10 Å². The highest BCUT2D eigenvalue weighted by Crippen LogP contribution is 2.45. The van der Waals surface area contributed by atoms with Gasteiger partial charge in [-0.25, -0.2) is 0 Å². The number of aryl methyl sites for hydroxylation is 1. The van der Waals surface area contributed by atoms with Crippen molar-refractivity contribution in [1.82, 2.24) is 10.4 Å². The Kier molecular flexibility index (Phi) is 8.47. The number of nitrogens with zero attached hydrogens (tertiary/aromatic N) is 1. The molecule has 1 aromatic heterocycles. The maximum Gasteiger partial charge on any atom is 0.235 e. The van der Waals surface area contributed by atoms with Crippen molar-refractivity contribution >= 4 is 28.7 Å². The molecule has 0 atom stereocenters. The van der Waals surface area contributed by atoms with E-state index in [0.29, 0.717) is 26.1 Å². The fourth-order valence-corrected chi connectivity index (χ4v) is 4.40. The molecule has 1 aromatic carbocycles. The minimum Gasteiger partial charge on any atom is -0.385 e. The van der Waals surface area contributed by atoms with Gasteiger partial charge in [-0.1, -0.05) is 26.3 Å². The molecule has 0 saturated heterocycles. The fourth-order valence-electron chi connectivity index (χ4n) is 4.40. The number of H-pyrrole nitrogens is 1. The molecule has 0 unspecified atom stereocenters. The molecule has 32 heavy (non-hydrogen) atoms. The first kappa shape index (κ1) is 24.0. The van der Waals surface area contributed by atoms with Gasteiger partial charge in [-0.3, -0.25) is 10.2 Å². The van der Waals surface area contributed by atoms with Gasteiger partial charge >= 0.3 is 0 Å². The molecule has 1 amide bonds. The van der Waals surface area contributed by atoms with E-state index in [0.717, 1.165) is 53.5 Å². The third kappa shape index (κ3) is 4.89. The number of unbranched alkanes of at least 4 members (excludes halogenated alkanes) is 1. The average molecular weight is 441 g/mol. The first-order valence-electron chi connectivity index (χ1n) is 11.5. The van der Waals surface area contributed by atoms with Gasteiger partial charge in [0.2, 0.25) is 5.91 Å². The zero-order valence-electron chi connectivity index (χ0n) is 19.7. The van der Waals surface area contributed by atoms with Crippen LogP contribution in [0.3, 0.4) is 0 Å². The number of hydrogen-bond donors (Lipinski definition) is 3. The van der Waals surface area contributed by atoms with Crippen LogP contribution in [0.1, 0.15) is 62.8 Å². The third-order valence-electron chi connectivity index (χ3n) is 6.22. The summed E-state index contributed by atoms with van der Waals surface area (Å²) >= 11 is 0. The van der Waals surface area contributed by atoms with E-state index in [1.807, 2.05) is 18.5 Å². The Balaban J connectivity index is 2.05. The molecular weight excluding hydrogens is 404 g/mol. The maximum absolute atomic E-state index is 13.1. The summed E-state index contributed by atoms with van der Waals surface area (Å²) in [6.45, 7) is 5.29. The van der Waals surface area contributed by atoms with Crippen molar-refractivity contribution in [2.45, 2.75) is 57.8 Å². The largest absolute Gasteiger partial charge is 0.385 e. The second kappa shape index (κ2) is 11.3. The molecule has 0 spiro atoms. The number of anilines is 1. The topological polar surface area (TPSA) is 87.7 Å². The molecule has 2 heterocycles. The average Bonchev–Trinajstić information content (AvgIpc) is 3.26. The van der Waals surface area contributed by atoms with E-state index >= 15 is 0 Å². The molecule has 0 radical (unpaired) electrons. The van der Waals surface area contributed by atoms with E-state index in [4.69, 9.17) is 9.47 Å². The first-order valence-corrected chi connectivity index (χ1v) is 11.5. The van der Waals surface area contributed by atoms with Crippen LogP contribution in [-0.4, -0.2) is 44.5 Å². The van der Waals surface area contributed by atoms with Crippen molar-refractivity contribution in [3.05, 3.63) is 41.2 Å². The van der Waals surface area contributed by atoms with Gasteiger partial charge < -0.3 is 19.8 Å². The number of hydrogen-bond acceptors (Lipinski definition) is 5. The molecule has 1 aliphatic heterocycles. The third-order valence-corrected chi connectivity index (χ3v) is 6.22. The molecule has 1 aliphatic rings. The number of carbonyl (C=O) groups is 1. The van der Waals surface area contributed by atoms with Crippen LogP contribution in [0.2, 0.25) is 0 Å². The quantitative estimate of drug-likeness (QED) is 0.313. The van der Waals surface area contributed by atoms with Crippen molar-refractivity contribution in [2.75, 3.05) is 32.8 Å². The lowest BCUT2D eigenvalue weighted by Crippen LogP contribution is -2.37. The van der Waals surface area contributed by atoms with Gasteiger partial charge in [0.15, 0.2) is 0 Å². The molecule has 3 rings (SSSR count). The highest BCUT2D eigenvalue weighted by Gasteiger charge is 2.46. The summed E-state index contributed by atoms with van der Waals surface area (Å²) in [5.41, 5.74) is 7.47. The summed E-state index contributed by atoms with van der Waals surface area (Å²) in [4.78, 5) is 16.7. The summed E-state index contributed by atoms with van der Waals surface area (Å²) in [7, 11) is 3.34. The van der Waals surface area contributed by atoms with Crippen LogP contribution < -0.4 is 10.7 Å². The van der Waals surface area contributed by atoms with E-state index in [9.17, 15) is 4.79 Å². The number of aromatic nitrogens is 1. The van der Waals surface area contributed by atoms with Gasteiger partial charge in [0.25, 0.3) is 0 Å². The number of benzene rings is 1. The van der Waals surface area contributed by atoms with Crippen LogP contribution in [0.5, 0.6) is 0 Å². The number of fused-ring (bicyclic) bond motifs is 2. The molecule has 0 fully saturated rings. The number of carbonyl (C=O) groups excluding carboxylic acids is 1. The lowest BCUT2D eigenvalue weighted by molar-refractivity contribution is -0.122. The van der Waals surface area contributed by atoms with Gasteiger partial charge in [-0.05, 0) is 55.4 Å². The number of methoxy groups -OCH3 is 2. The Morgan fingerprint density at radius 2 is 1.91 bits per heavy atom. The van der Waals surface area contributed by atoms with E-state index < -0.39 is 5.41 Å². The molecule has 3 N–H and O–H groups in total. The Bertz CT molecular complexity index is 969. The molecular formula is C25H36N4O3. The molecule has 2 aromatic rings. The molecule has 174 valence electrons. The highest BCUT2D eigenvalue weighted by molar-refractivity contribution is 6.09. The number of amides is 1. The lowest BCUT2D eigenvalue weighted by atomic mass is 9.76. The minimum atomic E-state index is -0.648. The number of allylic oxidation sites excluding steroid dienone is 1. The number of aromatic amines is 1. The standard InChI is InChI=1S/C25H36N4O3/c1-5-7-9-18-19-15-22-20(16-21(19)28-23(18)17-27-26-12-8-6-2)25(10-13-31-3,11-14-32-4)24(30)29-22/h8,12,15-17,26,28H,5-7,9-11,13-14H2,1-4H3,(H,29,30)/b12-8-,27-17+. The SMILES string of the molecule is CC/C=C\N/N=C/c1[nH]c2cc3c(cc2c1CCCC)NC(=O)C3(CCOC)CCOC. The Morgan fingerprint density at radius 1 is 1.16 bits per heavy atom. The molecule has 0 aliphatic carbocycles. The van der Waals surface area contributed by atoms with Crippen LogP contribution in [-0.2, 0) is 26.1 Å². The Labute approximate surface area is 190 Å². The second-order valence-corrected chi connectivity index (χ2v) is 8.28. The minimum absolute atomic E-state index is 0.0260. The van der Waals surface area contributed by atoms with Gasteiger partial charge in [0, 0.05) is 50.2 Å². The van der Waals surface area contributed by atoms with E-state index in [1.165, 1.54) is 5.56 Å². The molecule has 7 heteroatoms. The Morgan fingerprint density at radius 3 is 2.56 bits per heavy atom. The van der Waals surface area contributed by atoms with E-state index in [2.05, 4.69) is 46.8 Å². The summed E-state index contributed by atoms with van der Waals surface area (Å²) in [6.07, 6.45) is 11.0. The van der Waals surface area contributed by atoms with Crippen LogP contribution >= 0.6 is 0 Å². The predicted octanol–water partition coefficient (Wildman–Crippen LogP) is 4.62. The Hall–Kier alpha value is -2.64. The predicted molar refractivity (Wildman–Crippen MR) is 130 cm³/mol. The van der Waals surface area contributed by atoms with Crippen molar-refractivity contribution < 1.29 is 14.3 Å². The molecule has 0 bridgehead atoms. The van der Waals surface area contributed by atoms with Crippen LogP contribution in [0.15, 0.2) is 29.5 Å². The van der Waals surface area contributed by atoms with E-state index in [-0.39, 0.29) is 5.91 Å². The zero-order valence-corrected chi connectivity index (χ0v) is 19.7. The van der Waals surface area contributed by atoms with Crippen LogP contribution in [0, 0.1) is 0 Å². The molecule has 0 saturated carbocycles. The highest BCUT2D eigenvalue weighted by atomic mass is 16.5. The monoisotopic (exact) mass is 440 g/mol. The van der Waals surface area contributed by atoms with Crippen LogP contribution in [0.25, 0.3) is 10.9 Å². The van der Waals surface area contributed by atoms with Crippen molar-refractivity contribution in [3.63, 3.8) is 0 Å². The number of ether oxygens (including phenoxy) is 2. The number of nitrogens with one attached hydrogen (secondary N) is 3. The zero-order chi connectivity index (χ0) is 23.0. The van der Waals surface area contributed by atoms with Gasteiger partial charge in [0.1, 0.15) is 0 Å². The van der Waals surface area contributed by atoms with E-state index in [1.54, 1.807) is 14.2 Å². The second-order valence-electron chi connectivity index (χ2n) is 8.28. The van der Waals surface area contributed by atoms with Gasteiger partial charge in [0.05, 0.1) is 17.3 Å². The number of rotatable bonds is 13.